The quantitative estimate of drug-likeness (QED) is 0.637. The van der Waals surface area contributed by atoms with Crippen LogP contribution in [0.5, 0.6) is 11.5 Å². The number of carbonyl (C=O) groups excluding carboxylic acids is 2. The van der Waals surface area contributed by atoms with Gasteiger partial charge < -0.3 is 29.0 Å². The molecular weight excluding hydrogens is 380 g/mol. The summed E-state index contributed by atoms with van der Waals surface area (Å²) < 4.78 is 21.1. The number of morpholine rings is 1. The third-order valence-corrected chi connectivity index (χ3v) is 5.20. The second kappa shape index (κ2) is 9.91. The Labute approximate surface area is 170 Å². The normalized spacial score (nSPS) is 22.4. The van der Waals surface area contributed by atoms with E-state index >= 15 is 0 Å². The highest BCUT2D eigenvalue weighted by Crippen LogP contribution is 2.29. The van der Waals surface area contributed by atoms with Crippen LogP contribution in [0.15, 0.2) is 18.2 Å². The summed E-state index contributed by atoms with van der Waals surface area (Å²) in [7, 11) is 3.00. The molecule has 2 heterocycles. The molecule has 0 bridgehead atoms. The number of aliphatic hydroxyl groups excluding tert-OH is 1. The summed E-state index contributed by atoms with van der Waals surface area (Å²) in [4.78, 5) is 29.1. The number of nitrogens with zero attached hydrogens (tertiary/aromatic N) is 2. The Bertz CT molecular complexity index is 721. The summed E-state index contributed by atoms with van der Waals surface area (Å²) in [6.07, 6.45) is -0.606. The standard InChI is InChI=1S/C20H28N2O7/c1-26-17-4-3-14(11-18(17)27-2)19(24)22-13-15(23)12-16(22)20(25)29-10-7-21-5-8-28-9-6-21/h3-4,11,15-16,23H,5-10,12-13H2,1-2H3/t15-,16+/m1/s1. The van der Waals surface area contributed by atoms with E-state index in [-0.39, 0.29) is 25.5 Å². The SMILES string of the molecule is COc1ccc(C(=O)N2C[C@H](O)C[C@H]2C(=O)OCCN2CCOCC2)cc1OC. The first kappa shape index (κ1) is 21.4. The van der Waals surface area contributed by atoms with Crippen LogP contribution in [0.1, 0.15) is 16.8 Å². The molecule has 0 aliphatic carbocycles. The van der Waals surface area contributed by atoms with Gasteiger partial charge in [-0.05, 0) is 18.2 Å². The minimum absolute atomic E-state index is 0.0798. The molecule has 3 rings (SSSR count). The van der Waals surface area contributed by atoms with Crippen LogP contribution < -0.4 is 9.47 Å². The Morgan fingerprint density at radius 3 is 2.59 bits per heavy atom. The van der Waals surface area contributed by atoms with Crippen molar-refractivity contribution in [2.75, 3.05) is 60.2 Å². The molecule has 0 spiro atoms. The summed E-state index contributed by atoms with van der Waals surface area (Å²) in [5.41, 5.74) is 0.350. The van der Waals surface area contributed by atoms with Gasteiger partial charge in [-0.15, -0.1) is 0 Å². The van der Waals surface area contributed by atoms with Gasteiger partial charge in [0, 0.05) is 38.2 Å². The Kier molecular flexibility index (Phi) is 7.29. The number of likely N-dealkylation sites (tertiary alicyclic amines) is 1. The van der Waals surface area contributed by atoms with E-state index in [0.29, 0.717) is 36.8 Å². The topological polar surface area (TPSA) is 97.8 Å². The molecule has 1 aromatic rings. The predicted molar refractivity (Wildman–Crippen MR) is 103 cm³/mol. The maximum Gasteiger partial charge on any atom is 0.329 e. The summed E-state index contributed by atoms with van der Waals surface area (Å²) >= 11 is 0. The maximum absolute atomic E-state index is 13.0. The van der Waals surface area contributed by atoms with Crippen molar-refractivity contribution < 1.29 is 33.6 Å². The van der Waals surface area contributed by atoms with E-state index in [4.69, 9.17) is 18.9 Å². The molecule has 160 valence electrons. The molecule has 0 radical (unpaired) electrons. The zero-order valence-corrected chi connectivity index (χ0v) is 16.8. The van der Waals surface area contributed by atoms with Gasteiger partial charge in [0.15, 0.2) is 11.5 Å². The lowest BCUT2D eigenvalue weighted by Crippen LogP contribution is -2.43. The van der Waals surface area contributed by atoms with Crippen molar-refractivity contribution in [2.45, 2.75) is 18.6 Å². The van der Waals surface area contributed by atoms with Gasteiger partial charge >= 0.3 is 5.97 Å². The second-order valence-electron chi connectivity index (χ2n) is 7.05. The first-order valence-electron chi connectivity index (χ1n) is 9.71. The number of rotatable bonds is 7. The molecular formula is C20H28N2O7. The largest absolute Gasteiger partial charge is 0.493 e. The lowest BCUT2D eigenvalue weighted by Gasteiger charge is -2.27. The van der Waals surface area contributed by atoms with Crippen molar-refractivity contribution in [3.63, 3.8) is 0 Å². The number of benzene rings is 1. The van der Waals surface area contributed by atoms with Crippen LogP contribution in [0.25, 0.3) is 0 Å². The highest BCUT2D eigenvalue weighted by atomic mass is 16.5. The molecule has 2 atom stereocenters. The molecule has 0 saturated carbocycles. The van der Waals surface area contributed by atoms with Crippen molar-refractivity contribution in [3.05, 3.63) is 23.8 Å². The third kappa shape index (κ3) is 5.17. The number of carbonyl (C=O) groups is 2. The van der Waals surface area contributed by atoms with Gasteiger partial charge in [0.1, 0.15) is 12.6 Å². The number of hydrogen-bond donors (Lipinski definition) is 1. The number of aliphatic hydroxyl groups is 1. The molecule has 1 N–H and O–H groups in total. The van der Waals surface area contributed by atoms with Gasteiger partial charge in [-0.3, -0.25) is 9.69 Å². The molecule has 9 nitrogen and oxygen atoms in total. The highest BCUT2D eigenvalue weighted by molar-refractivity contribution is 5.97. The van der Waals surface area contributed by atoms with E-state index in [1.54, 1.807) is 18.2 Å². The van der Waals surface area contributed by atoms with Crippen LogP contribution in [-0.2, 0) is 14.3 Å². The van der Waals surface area contributed by atoms with Gasteiger partial charge in [0.05, 0.1) is 33.5 Å². The fraction of sp³-hybridized carbons (Fsp3) is 0.600. The molecule has 1 aromatic carbocycles. The number of ether oxygens (including phenoxy) is 4. The number of esters is 1. The van der Waals surface area contributed by atoms with E-state index in [1.807, 2.05) is 0 Å². The predicted octanol–water partition coefficient (Wildman–Crippen LogP) is 0.155. The van der Waals surface area contributed by atoms with Gasteiger partial charge in [0.2, 0.25) is 0 Å². The average Bonchev–Trinajstić information content (AvgIpc) is 3.15. The van der Waals surface area contributed by atoms with Crippen molar-refractivity contribution in [3.8, 4) is 11.5 Å². The molecule has 0 aromatic heterocycles. The fourth-order valence-electron chi connectivity index (χ4n) is 3.59. The Hall–Kier alpha value is -2.36. The fourth-order valence-corrected chi connectivity index (χ4v) is 3.59. The second-order valence-corrected chi connectivity index (χ2v) is 7.05. The van der Waals surface area contributed by atoms with E-state index in [0.717, 1.165) is 13.1 Å². The Morgan fingerprint density at radius 1 is 1.17 bits per heavy atom. The minimum atomic E-state index is -0.810. The van der Waals surface area contributed by atoms with Crippen LogP contribution >= 0.6 is 0 Å². The average molecular weight is 408 g/mol. The van der Waals surface area contributed by atoms with Crippen LogP contribution in [0.3, 0.4) is 0 Å². The molecule has 2 fully saturated rings. The Balaban J connectivity index is 1.62. The van der Waals surface area contributed by atoms with Crippen molar-refractivity contribution in [1.82, 2.24) is 9.80 Å². The molecule has 2 saturated heterocycles. The minimum Gasteiger partial charge on any atom is -0.493 e. The summed E-state index contributed by atoms with van der Waals surface area (Å²) in [5, 5.41) is 10.1. The molecule has 0 unspecified atom stereocenters. The first-order chi connectivity index (χ1) is 14.0. The zero-order chi connectivity index (χ0) is 20.8. The molecule has 2 aliphatic heterocycles. The summed E-state index contributed by atoms with van der Waals surface area (Å²) in [5.74, 6) is 0.0635. The number of methoxy groups -OCH3 is 2. The number of β-amino-alcohol motifs (C(OH)–C–C–N with tert-alkyl or cyclic N) is 1. The lowest BCUT2D eigenvalue weighted by atomic mass is 10.1. The van der Waals surface area contributed by atoms with Crippen LogP contribution in [0, 0.1) is 0 Å². The smallest absolute Gasteiger partial charge is 0.329 e. The monoisotopic (exact) mass is 408 g/mol. The van der Waals surface area contributed by atoms with Gasteiger partial charge in [-0.1, -0.05) is 0 Å². The van der Waals surface area contributed by atoms with Gasteiger partial charge in [-0.25, -0.2) is 4.79 Å². The molecule has 9 heteroatoms. The van der Waals surface area contributed by atoms with Crippen molar-refractivity contribution >= 4 is 11.9 Å². The summed E-state index contributed by atoms with van der Waals surface area (Å²) in [6.45, 7) is 3.91. The van der Waals surface area contributed by atoms with Crippen LogP contribution in [0.2, 0.25) is 0 Å². The zero-order valence-electron chi connectivity index (χ0n) is 16.8. The van der Waals surface area contributed by atoms with Gasteiger partial charge in [0.25, 0.3) is 5.91 Å². The van der Waals surface area contributed by atoms with Crippen LogP contribution in [0.4, 0.5) is 0 Å². The van der Waals surface area contributed by atoms with E-state index in [2.05, 4.69) is 4.90 Å². The third-order valence-electron chi connectivity index (χ3n) is 5.20. The molecule has 1 amide bonds. The highest BCUT2D eigenvalue weighted by Gasteiger charge is 2.40. The van der Waals surface area contributed by atoms with E-state index in [1.165, 1.54) is 19.1 Å². The van der Waals surface area contributed by atoms with E-state index in [9.17, 15) is 14.7 Å². The Morgan fingerprint density at radius 2 is 1.90 bits per heavy atom. The van der Waals surface area contributed by atoms with E-state index < -0.39 is 18.1 Å². The van der Waals surface area contributed by atoms with Crippen molar-refractivity contribution in [1.29, 1.82) is 0 Å². The molecule has 29 heavy (non-hydrogen) atoms. The maximum atomic E-state index is 13.0. The first-order valence-corrected chi connectivity index (χ1v) is 9.71. The summed E-state index contributed by atoms with van der Waals surface area (Å²) in [6, 6.07) is 3.99. The number of amides is 1. The lowest BCUT2D eigenvalue weighted by molar-refractivity contribution is -0.148. The molecule has 2 aliphatic rings. The van der Waals surface area contributed by atoms with Crippen LogP contribution in [-0.4, -0.2) is 99.1 Å². The number of hydrogen-bond acceptors (Lipinski definition) is 8. The van der Waals surface area contributed by atoms with Gasteiger partial charge in [-0.2, -0.15) is 0 Å². The van der Waals surface area contributed by atoms with Crippen molar-refractivity contribution in [2.24, 2.45) is 0 Å².